The molecule has 0 radical (unpaired) electrons. The van der Waals surface area contributed by atoms with Gasteiger partial charge in [-0.05, 0) is 70.6 Å². The van der Waals surface area contributed by atoms with Crippen LogP contribution < -0.4 is 0 Å². The number of hydrogen-bond acceptors (Lipinski definition) is 5. The lowest BCUT2D eigenvalue weighted by Crippen LogP contribution is -2.28. The van der Waals surface area contributed by atoms with Gasteiger partial charge in [0, 0.05) is 12.8 Å². The molecule has 68 heavy (non-hydrogen) atoms. The first-order valence-electron chi connectivity index (χ1n) is 30.5. The summed E-state index contributed by atoms with van der Waals surface area (Å²) in [6.45, 7) is 4.18. The van der Waals surface area contributed by atoms with Crippen molar-refractivity contribution in [3.8, 4) is 0 Å². The number of carbonyl (C=O) groups is 2. The molecule has 0 spiro atoms. The van der Waals surface area contributed by atoms with Gasteiger partial charge in [-0.1, -0.05) is 288 Å². The summed E-state index contributed by atoms with van der Waals surface area (Å²) in [5, 5.41) is 9.67. The van der Waals surface area contributed by atoms with Gasteiger partial charge in [0.15, 0.2) is 6.10 Å². The van der Waals surface area contributed by atoms with Gasteiger partial charge in [-0.25, -0.2) is 0 Å². The van der Waals surface area contributed by atoms with Gasteiger partial charge in [0.05, 0.1) is 6.61 Å². The van der Waals surface area contributed by atoms with Crippen LogP contribution in [0.1, 0.15) is 335 Å². The molecule has 1 atom stereocenters. The van der Waals surface area contributed by atoms with Crippen molar-refractivity contribution in [1.82, 2.24) is 0 Å². The minimum absolute atomic E-state index is 0.0621. The SMILES string of the molecule is CCCCCCC/C=C\C/C=C\CCCCCCCCCCCCCC(=O)OC(CO)COC(=O)CCCCCCCCCCCCCCCCCCCCC/C=C\CCCCCCCCCC. The highest BCUT2D eigenvalue weighted by atomic mass is 16.6. The highest BCUT2D eigenvalue weighted by Gasteiger charge is 2.16. The molecule has 0 amide bonds. The number of esters is 2. The van der Waals surface area contributed by atoms with Crippen molar-refractivity contribution >= 4 is 11.9 Å². The van der Waals surface area contributed by atoms with Crippen LogP contribution in [-0.2, 0) is 19.1 Å². The van der Waals surface area contributed by atoms with E-state index in [1.807, 2.05) is 0 Å². The van der Waals surface area contributed by atoms with E-state index < -0.39 is 6.10 Å². The first kappa shape index (κ1) is 66.1. The summed E-state index contributed by atoms with van der Waals surface area (Å²) >= 11 is 0. The van der Waals surface area contributed by atoms with Gasteiger partial charge in [-0.15, -0.1) is 0 Å². The van der Waals surface area contributed by atoms with E-state index in [9.17, 15) is 14.7 Å². The molecule has 1 unspecified atom stereocenters. The van der Waals surface area contributed by atoms with Crippen molar-refractivity contribution in [2.75, 3.05) is 13.2 Å². The molecule has 5 nitrogen and oxygen atoms in total. The first-order chi connectivity index (χ1) is 33.6. The highest BCUT2D eigenvalue weighted by Crippen LogP contribution is 2.17. The summed E-state index contributed by atoms with van der Waals surface area (Å²) in [4.78, 5) is 24.6. The lowest BCUT2D eigenvalue weighted by atomic mass is 10.0. The molecule has 0 aliphatic carbocycles. The molecule has 0 saturated heterocycles. The van der Waals surface area contributed by atoms with Gasteiger partial charge in [0.1, 0.15) is 6.61 Å². The van der Waals surface area contributed by atoms with Crippen molar-refractivity contribution < 1.29 is 24.2 Å². The van der Waals surface area contributed by atoms with Crippen LogP contribution in [0.4, 0.5) is 0 Å². The molecule has 400 valence electrons. The normalized spacial score (nSPS) is 12.3. The van der Waals surface area contributed by atoms with Crippen LogP contribution in [0.3, 0.4) is 0 Å². The minimum Gasteiger partial charge on any atom is -0.462 e. The lowest BCUT2D eigenvalue weighted by Gasteiger charge is -2.15. The second-order valence-corrected chi connectivity index (χ2v) is 20.8. The Morgan fingerprint density at radius 2 is 0.588 bits per heavy atom. The van der Waals surface area contributed by atoms with E-state index in [1.54, 1.807) is 0 Å². The molecule has 0 aromatic carbocycles. The average molecular weight is 956 g/mol. The minimum atomic E-state index is -0.772. The van der Waals surface area contributed by atoms with E-state index in [-0.39, 0.29) is 25.2 Å². The number of allylic oxidation sites excluding steroid dienone is 6. The Hall–Kier alpha value is -1.88. The average Bonchev–Trinajstić information content (AvgIpc) is 3.34. The van der Waals surface area contributed by atoms with Crippen LogP contribution in [0, 0.1) is 0 Å². The lowest BCUT2D eigenvalue weighted by molar-refractivity contribution is -0.161. The molecule has 0 aliphatic heterocycles. The van der Waals surface area contributed by atoms with Crippen LogP contribution in [0.2, 0.25) is 0 Å². The van der Waals surface area contributed by atoms with E-state index >= 15 is 0 Å². The van der Waals surface area contributed by atoms with Gasteiger partial charge < -0.3 is 14.6 Å². The van der Waals surface area contributed by atoms with Gasteiger partial charge in [-0.3, -0.25) is 9.59 Å². The van der Waals surface area contributed by atoms with E-state index in [1.165, 1.54) is 263 Å². The number of carbonyl (C=O) groups excluding carboxylic acids is 2. The van der Waals surface area contributed by atoms with Gasteiger partial charge >= 0.3 is 11.9 Å². The largest absolute Gasteiger partial charge is 0.462 e. The Kier molecular flexibility index (Phi) is 57.8. The highest BCUT2D eigenvalue weighted by molar-refractivity contribution is 5.70. The van der Waals surface area contributed by atoms with E-state index in [2.05, 4.69) is 50.3 Å². The smallest absolute Gasteiger partial charge is 0.306 e. The Bertz CT molecular complexity index is 1080. The summed E-state index contributed by atoms with van der Waals surface area (Å²) in [6.07, 6.45) is 77.1. The molecule has 0 rings (SSSR count). The summed E-state index contributed by atoms with van der Waals surface area (Å²) in [5.74, 6) is -0.575. The number of aliphatic hydroxyl groups excluding tert-OH is 1. The molecular weight excluding hydrogens is 837 g/mol. The fourth-order valence-electron chi connectivity index (χ4n) is 9.29. The van der Waals surface area contributed by atoms with Crippen molar-refractivity contribution in [2.24, 2.45) is 0 Å². The summed E-state index contributed by atoms with van der Waals surface area (Å²) in [7, 11) is 0. The number of hydrogen-bond donors (Lipinski definition) is 1. The van der Waals surface area contributed by atoms with Crippen molar-refractivity contribution in [3.05, 3.63) is 36.5 Å². The summed E-state index contributed by atoms with van der Waals surface area (Å²) in [5.41, 5.74) is 0. The maximum Gasteiger partial charge on any atom is 0.306 e. The van der Waals surface area contributed by atoms with Crippen molar-refractivity contribution in [1.29, 1.82) is 0 Å². The molecule has 0 fully saturated rings. The molecule has 0 heterocycles. The summed E-state index contributed by atoms with van der Waals surface area (Å²) < 4.78 is 10.7. The predicted octanol–water partition coefficient (Wildman–Crippen LogP) is 20.6. The zero-order chi connectivity index (χ0) is 49.2. The quantitative estimate of drug-likeness (QED) is 0.0374. The van der Waals surface area contributed by atoms with Gasteiger partial charge in [0.2, 0.25) is 0 Å². The monoisotopic (exact) mass is 955 g/mol. The molecule has 0 aromatic rings. The van der Waals surface area contributed by atoms with Crippen LogP contribution in [0.5, 0.6) is 0 Å². The Morgan fingerprint density at radius 1 is 0.338 bits per heavy atom. The number of aliphatic hydroxyl groups is 1. The number of unbranched alkanes of at least 4 members (excludes halogenated alkanes) is 43. The van der Waals surface area contributed by atoms with Crippen molar-refractivity contribution in [3.63, 3.8) is 0 Å². The Labute approximate surface area is 425 Å². The Balaban J connectivity index is 3.42. The second kappa shape index (κ2) is 59.4. The second-order valence-electron chi connectivity index (χ2n) is 20.8. The number of ether oxygens (including phenoxy) is 2. The third-order valence-electron chi connectivity index (χ3n) is 13.9. The fourth-order valence-corrected chi connectivity index (χ4v) is 9.29. The maximum absolute atomic E-state index is 12.3. The van der Waals surface area contributed by atoms with Crippen LogP contribution >= 0.6 is 0 Å². The van der Waals surface area contributed by atoms with Crippen molar-refractivity contribution in [2.45, 2.75) is 341 Å². The molecular formula is C63H118O5. The van der Waals surface area contributed by atoms with E-state index in [0.29, 0.717) is 12.8 Å². The number of rotatable bonds is 57. The molecule has 0 aliphatic rings. The maximum atomic E-state index is 12.3. The first-order valence-corrected chi connectivity index (χ1v) is 30.5. The molecule has 0 saturated carbocycles. The fraction of sp³-hybridized carbons (Fsp3) is 0.873. The van der Waals surface area contributed by atoms with Crippen LogP contribution in [0.25, 0.3) is 0 Å². The molecule has 0 aromatic heterocycles. The Morgan fingerprint density at radius 3 is 0.882 bits per heavy atom. The van der Waals surface area contributed by atoms with Crippen LogP contribution in [-0.4, -0.2) is 36.4 Å². The third-order valence-corrected chi connectivity index (χ3v) is 13.9. The standard InChI is InChI=1S/C63H118O5/c1-3-5-7-9-11-13-15-17-19-21-23-25-27-28-29-30-31-32-33-34-36-37-39-41-43-45-47-49-51-53-55-57-62(65)67-60-61(59-64)68-63(66)58-56-54-52-50-48-46-44-42-40-38-35-26-24-22-20-18-16-14-12-10-8-6-4-2/h16,18,21-24,61,64H,3-15,17,19-20,25-60H2,1-2H3/b18-16-,23-21-,24-22-. The van der Waals surface area contributed by atoms with Crippen LogP contribution in [0.15, 0.2) is 36.5 Å². The zero-order valence-electron chi connectivity index (χ0n) is 45.9. The van der Waals surface area contributed by atoms with Gasteiger partial charge in [0.25, 0.3) is 0 Å². The molecule has 0 bridgehead atoms. The molecule has 1 N–H and O–H groups in total. The third kappa shape index (κ3) is 56.7. The predicted molar refractivity (Wildman–Crippen MR) is 298 cm³/mol. The zero-order valence-corrected chi connectivity index (χ0v) is 45.9. The van der Waals surface area contributed by atoms with E-state index in [0.717, 1.165) is 44.9 Å². The summed E-state index contributed by atoms with van der Waals surface area (Å²) in [6, 6.07) is 0. The van der Waals surface area contributed by atoms with Gasteiger partial charge in [-0.2, -0.15) is 0 Å². The molecule has 5 heteroatoms. The topological polar surface area (TPSA) is 72.8 Å². The van der Waals surface area contributed by atoms with E-state index in [4.69, 9.17) is 9.47 Å².